The molecule has 0 saturated carbocycles. The number of pyridine rings is 1. The van der Waals surface area contributed by atoms with E-state index in [1.165, 1.54) is 17.2 Å². The minimum atomic E-state index is -0.169. The van der Waals surface area contributed by atoms with Crippen LogP contribution in [0.4, 0.5) is 4.39 Å². The van der Waals surface area contributed by atoms with Crippen LogP contribution in [0.25, 0.3) is 0 Å². The summed E-state index contributed by atoms with van der Waals surface area (Å²) in [6, 6.07) is 9.24. The first-order valence-corrected chi connectivity index (χ1v) is 6.55. The maximum absolute atomic E-state index is 13.0. The Balaban J connectivity index is 1.86. The smallest absolute Gasteiger partial charge is 0.123 e. The molecule has 2 rings (SSSR count). The maximum atomic E-state index is 13.0. The molecule has 2 aromatic rings. The largest absolute Gasteiger partial charge is 0.310 e. The molecule has 19 heavy (non-hydrogen) atoms. The van der Waals surface area contributed by atoms with Gasteiger partial charge in [0.05, 0.1) is 0 Å². The standard InChI is InChI=1S/C16H19FN2/c1-12-10-16(17)6-5-14(12)7-9-19-13(2)15-4-3-8-18-11-15/h3-6,8,10-11,13,19H,7,9H2,1-2H3. The van der Waals surface area contributed by atoms with Crippen molar-refractivity contribution in [1.82, 2.24) is 10.3 Å². The van der Waals surface area contributed by atoms with Crippen molar-refractivity contribution in [2.24, 2.45) is 0 Å². The molecule has 2 nitrogen and oxygen atoms in total. The molecule has 1 aromatic heterocycles. The molecule has 1 heterocycles. The van der Waals surface area contributed by atoms with Crippen LogP contribution in [0, 0.1) is 12.7 Å². The molecule has 1 aromatic carbocycles. The molecule has 0 aliphatic heterocycles. The van der Waals surface area contributed by atoms with Crippen LogP contribution in [0.5, 0.6) is 0 Å². The van der Waals surface area contributed by atoms with Crippen molar-refractivity contribution in [3.63, 3.8) is 0 Å². The third kappa shape index (κ3) is 3.86. The normalized spacial score (nSPS) is 12.4. The minimum Gasteiger partial charge on any atom is -0.310 e. The maximum Gasteiger partial charge on any atom is 0.123 e. The summed E-state index contributed by atoms with van der Waals surface area (Å²) in [4.78, 5) is 4.11. The zero-order valence-corrected chi connectivity index (χ0v) is 11.4. The van der Waals surface area contributed by atoms with E-state index in [4.69, 9.17) is 0 Å². The van der Waals surface area contributed by atoms with E-state index in [1.807, 2.05) is 25.3 Å². The molecule has 3 heteroatoms. The third-order valence-corrected chi connectivity index (χ3v) is 3.33. The quantitative estimate of drug-likeness (QED) is 0.888. The lowest BCUT2D eigenvalue weighted by atomic mass is 10.1. The van der Waals surface area contributed by atoms with E-state index >= 15 is 0 Å². The molecular formula is C16H19FN2. The number of aromatic nitrogens is 1. The van der Waals surface area contributed by atoms with Crippen molar-refractivity contribution in [1.29, 1.82) is 0 Å². The van der Waals surface area contributed by atoms with Gasteiger partial charge in [-0.2, -0.15) is 0 Å². The fraction of sp³-hybridized carbons (Fsp3) is 0.312. The monoisotopic (exact) mass is 258 g/mol. The van der Waals surface area contributed by atoms with Crippen molar-refractivity contribution in [3.8, 4) is 0 Å². The van der Waals surface area contributed by atoms with Crippen LogP contribution in [0.3, 0.4) is 0 Å². The predicted octanol–water partition coefficient (Wildman–Crippen LogP) is 3.42. The van der Waals surface area contributed by atoms with E-state index < -0.39 is 0 Å². The number of nitrogens with one attached hydrogen (secondary N) is 1. The Morgan fingerprint density at radius 3 is 2.84 bits per heavy atom. The Morgan fingerprint density at radius 1 is 1.32 bits per heavy atom. The molecular weight excluding hydrogens is 239 g/mol. The first-order valence-electron chi connectivity index (χ1n) is 6.55. The molecule has 0 fully saturated rings. The Labute approximate surface area is 113 Å². The Kier molecular flexibility index (Phi) is 4.63. The summed E-state index contributed by atoms with van der Waals surface area (Å²) >= 11 is 0. The van der Waals surface area contributed by atoms with E-state index in [0.29, 0.717) is 0 Å². The van der Waals surface area contributed by atoms with Crippen molar-refractivity contribution in [3.05, 3.63) is 65.2 Å². The van der Waals surface area contributed by atoms with Gasteiger partial charge in [-0.3, -0.25) is 4.98 Å². The molecule has 100 valence electrons. The van der Waals surface area contributed by atoms with Crippen molar-refractivity contribution >= 4 is 0 Å². The highest BCUT2D eigenvalue weighted by atomic mass is 19.1. The fourth-order valence-corrected chi connectivity index (χ4v) is 2.11. The molecule has 0 radical (unpaired) electrons. The molecule has 0 amide bonds. The zero-order chi connectivity index (χ0) is 13.7. The highest BCUT2D eigenvalue weighted by Crippen LogP contribution is 2.12. The second-order valence-electron chi connectivity index (χ2n) is 4.78. The van der Waals surface area contributed by atoms with Crippen LogP contribution in [-0.2, 0) is 6.42 Å². The third-order valence-electron chi connectivity index (χ3n) is 3.33. The molecule has 0 aliphatic carbocycles. The average Bonchev–Trinajstić information content (AvgIpc) is 2.42. The van der Waals surface area contributed by atoms with Gasteiger partial charge >= 0.3 is 0 Å². The predicted molar refractivity (Wildman–Crippen MR) is 75.5 cm³/mol. The number of hydrogen-bond acceptors (Lipinski definition) is 2. The lowest BCUT2D eigenvalue weighted by Crippen LogP contribution is -2.21. The Bertz CT molecular complexity index is 526. The van der Waals surface area contributed by atoms with Gasteiger partial charge in [-0.25, -0.2) is 4.39 Å². The number of aryl methyl sites for hydroxylation is 1. The van der Waals surface area contributed by atoms with Crippen LogP contribution >= 0.6 is 0 Å². The van der Waals surface area contributed by atoms with Gasteiger partial charge in [-0.05, 0) is 61.7 Å². The summed E-state index contributed by atoms with van der Waals surface area (Å²) in [6.07, 6.45) is 4.55. The topological polar surface area (TPSA) is 24.9 Å². The molecule has 1 unspecified atom stereocenters. The highest BCUT2D eigenvalue weighted by molar-refractivity contribution is 5.26. The lowest BCUT2D eigenvalue weighted by Gasteiger charge is -2.14. The number of benzene rings is 1. The highest BCUT2D eigenvalue weighted by Gasteiger charge is 2.05. The fourth-order valence-electron chi connectivity index (χ4n) is 2.11. The molecule has 0 aliphatic rings. The summed E-state index contributed by atoms with van der Waals surface area (Å²) in [5, 5.41) is 3.46. The average molecular weight is 258 g/mol. The van der Waals surface area contributed by atoms with Crippen LogP contribution < -0.4 is 5.32 Å². The van der Waals surface area contributed by atoms with Gasteiger partial charge in [0, 0.05) is 18.4 Å². The lowest BCUT2D eigenvalue weighted by molar-refractivity contribution is 0.573. The molecule has 0 saturated heterocycles. The second kappa shape index (κ2) is 6.43. The van der Waals surface area contributed by atoms with Gasteiger partial charge in [0.2, 0.25) is 0 Å². The van der Waals surface area contributed by atoms with Gasteiger partial charge < -0.3 is 5.32 Å². The molecule has 1 atom stereocenters. The molecule has 0 spiro atoms. The number of rotatable bonds is 5. The number of hydrogen-bond donors (Lipinski definition) is 1. The molecule has 1 N–H and O–H groups in total. The minimum absolute atomic E-state index is 0.169. The first kappa shape index (κ1) is 13.7. The van der Waals surface area contributed by atoms with E-state index in [-0.39, 0.29) is 11.9 Å². The van der Waals surface area contributed by atoms with E-state index in [1.54, 1.807) is 12.3 Å². The van der Waals surface area contributed by atoms with E-state index in [0.717, 1.165) is 18.5 Å². The first-order chi connectivity index (χ1) is 9.16. The van der Waals surface area contributed by atoms with Gasteiger partial charge in [0.1, 0.15) is 5.82 Å². The summed E-state index contributed by atoms with van der Waals surface area (Å²) in [7, 11) is 0. The Morgan fingerprint density at radius 2 is 2.16 bits per heavy atom. The summed E-state index contributed by atoms with van der Waals surface area (Å²) in [5.41, 5.74) is 3.38. The van der Waals surface area contributed by atoms with Crippen LogP contribution in [0.15, 0.2) is 42.7 Å². The van der Waals surface area contributed by atoms with Gasteiger partial charge in [0.15, 0.2) is 0 Å². The summed E-state index contributed by atoms with van der Waals surface area (Å²) < 4.78 is 13.0. The number of halogens is 1. The summed E-state index contributed by atoms with van der Waals surface area (Å²) in [6.45, 7) is 4.93. The number of nitrogens with zero attached hydrogens (tertiary/aromatic N) is 1. The van der Waals surface area contributed by atoms with Gasteiger partial charge in [-0.1, -0.05) is 12.1 Å². The SMILES string of the molecule is Cc1cc(F)ccc1CCNC(C)c1cccnc1. The van der Waals surface area contributed by atoms with E-state index in [9.17, 15) is 4.39 Å². The summed E-state index contributed by atoms with van der Waals surface area (Å²) in [5.74, 6) is -0.169. The zero-order valence-electron chi connectivity index (χ0n) is 11.4. The van der Waals surface area contributed by atoms with Crippen molar-refractivity contribution in [2.45, 2.75) is 26.3 Å². The van der Waals surface area contributed by atoms with Gasteiger partial charge in [-0.15, -0.1) is 0 Å². The van der Waals surface area contributed by atoms with Crippen LogP contribution in [0.2, 0.25) is 0 Å². The van der Waals surface area contributed by atoms with E-state index in [2.05, 4.69) is 23.3 Å². The van der Waals surface area contributed by atoms with Crippen molar-refractivity contribution < 1.29 is 4.39 Å². The van der Waals surface area contributed by atoms with Crippen LogP contribution in [-0.4, -0.2) is 11.5 Å². The van der Waals surface area contributed by atoms with Crippen LogP contribution in [0.1, 0.15) is 29.7 Å². The van der Waals surface area contributed by atoms with Gasteiger partial charge in [0.25, 0.3) is 0 Å². The second-order valence-corrected chi connectivity index (χ2v) is 4.78. The Hall–Kier alpha value is -1.74. The molecule has 0 bridgehead atoms. The van der Waals surface area contributed by atoms with Crippen molar-refractivity contribution in [2.75, 3.05) is 6.54 Å².